The van der Waals surface area contributed by atoms with Gasteiger partial charge in [0, 0.05) is 7.11 Å². The van der Waals surface area contributed by atoms with Crippen LogP contribution in [-0.4, -0.2) is 47.8 Å². The number of nitrogens with zero attached hydrogens (tertiary/aromatic N) is 1. The first-order chi connectivity index (χ1) is 6.56. The average Bonchev–Trinajstić information content (AvgIpc) is 2.11. The number of amides is 2. The lowest BCUT2D eigenvalue weighted by molar-refractivity contribution is -0.136. The molecule has 1 fully saturated rings. The second-order valence-corrected chi connectivity index (χ2v) is 4.14. The van der Waals surface area contributed by atoms with Crippen LogP contribution in [0.5, 0.6) is 0 Å². The Kier molecular flexibility index (Phi) is 3.38. The van der Waals surface area contributed by atoms with E-state index in [4.69, 9.17) is 5.11 Å². The van der Waals surface area contributed by atoms with E-state index >= 15 is 0 Å². The van der Waals surface area contributed by atoms with Crippen molar-refractivity contribution in [3.05, 3.63) is 0 Å². The Morgan fingerprint density at radius 3 is 2.93 bits per heavy atom. The summed E-state index contributed by atoms with van der Waals surface area (Å²) in [4.78, 5) is 21.3. The summed E-state index contributed by atoms with van der Waals surface area (Å²) in [7, 11) is -0.488. The highest BCUT2D eigenvalue weighted by Crippen LogP contribution is 2.32. The van der Waals surface area contributed by atoms with Crippen LogP contribution in [0.1, 0.15) is 0 Å². The summed E-state index contributed by atoms with van der Waals surface area (Å²) in [6.07, 6.45) is -1.29. The maximum absolute atomic E-state index is 11.2. The lowest BCUT2D eigenvalue weighted by atomic mass is 10.2. The molecule has 1 aliphatic rings. The fourth-order valence-corrected chi connectivity index (χ4v) is 2.11. The van der Waals surface area contributed by atoms with Crippen molar-refractivity contribution in [2.24, 2.45) is 0 Å². The van der Waals surface area contributed by atoms with E-state index in [0.29, 0.717) is 0 Å². The molecule has 0 spiro atoms. The lowest BCUT2D eigenvalue weighted by Crippen LogP contribution is -2.61. The number of β-lactam (4-membered cyclic amide) rings is 1. The Labute approximate surface area is 80.9 Å². The number of hydrogen-bond donors (Lipinski definition) is 2. The van der Waals surface area contributed by atoms with Crippen molar-refractivity contribution in [1.29, 1.82) is 0 Å². The lowest BCUT2D eigenvalue weighted by Gasteiger charge is -2.28. The molecule has 1 aliphatic heterocycles. The predicted octanol–water partition coefficient (Wildman–Crippen LogP) is -0.189. The number of ether oxygens (including phenoxy) is 1. The van der Waals surface area contributed by atoms with Gasteiger partial charge < -0.3 is 15.2 Å². The molecule has 0 saturated carbocycles. The molecule has 1 rings (SSSR count). The first kappa shape index (κ1) is 10.9. The van der Waals surface area contributed by atoms with Gasteiger partial charge in [0.25, 0.3) is 12.3 Å². The fraction of sp³-hybridized carbons (Fsp3) is 0.667. The summed E-state index contributed by atoms with van der Waals surface area (Å²) in [6, 6.07) is -0.761. The van der Waals surface area contributed by atoms with Gasteiger partial charge in [-0.1, -0.05) is 0 Å². The van der Waals surface area contributed by atoms with Crippen LogP contribution in [0, 0.1) is 0 Å². The molecule has 0 radical (unpaired) electrons. The maximum Gasteiger partial charge on any atom is 0.493 e. The molecule has 0 aromatic heterocycles. The normalized spacial score (nSPS) is 21.5. The topological polar surface area (TPSA) is 95.9 Å². The number of hydrogen-bond acceptors (Lipinski definition) is 4. The largest absolute Gasteiger partial charge is 0.493 e. The standard InChI is InChI=1S/C6H9N2O5P/c1-13-3-14(12)8-2-4(5(8)9)7-6(10)11/h4,7H,2-3H2,1H3/p+1/t4-/m0/s1. The Morgan fingerprint density at radius 2 is 2.50 bits per heavy atom. The minimum absolute atomic E-state index is 0.0269. The van der Waals surface area contributed by atoms with Crippen molar-refractivity contribution >= 4 is 20.0 Å². The first-order valence-corrected chi connectivity index (χ1v) is 5.20. The highest BCUT2D eigenvalue weighted by molar-refractivity contribution is 7.42. The van der Waals surface area contributed by atoms with Crippen LogP contribution >= 0.6 is 7.95 Å². The molecule has 1 heterocycles. The zero-order valence-electron chi connectivity index (χ0n) is 7.47. The van der Waals surface area contributed by atoms with Gasteiger partial charge in [-0.2, -0.15) is 0 Å². The highest BCUT2D eigenvalue weighted by Gasteiger charge is 2.49. The zero-order chi connectivity index (χ0) is 10.7. The summed E-state index contributed by atoms with van der Waals surface area (Å²) in [6.45, 7) is 0.143. The van der Waals surface area contributed by atoms with Crippen LogP contribution in [0.2, 0.25) is 0 Å². The second-order valence-electron chi connectivity index (χ2n) is 2.69. The van der Waals surface area contributed by atoms with Gasteiger partial charge in [0.05, 0.1) is 6.54 Å². The highest BCUT2D eigenvalue weighted by atomic mass is 31.1. The molecule has 0 bridgehead atoms. The van der Waals surface area contributed by atoms with E-state index in [1.807, 2.05) is 5.32 Å². The van der Waals surface area contributed by atoms with Crippen molar-refractivity contribution in [2.75, 3.05) is 20.0 Å². The molecule has 7 nitrogen and oxygen atoms in total. The molecule has 0 aromatic carbocycles. The number of rotatable bonds is 4. The molecule has 78 valence electrons. The number of nitrogens with one attached hydrogen (secondary N) is 1. The summed E-state index contributed by atoms with van der Waals surface area (Å²) >= 11 is 0. The monoisotopic (exact) mass is 221 g/mol. The molecule has 0 aliphatic carbocycles. The summed E-state index contributed by atoms with van der Waals surface area (Å²) in [5.41, 5.74) is 0. The minimum atomic E-state index is -1.87. The molecule has 2 N–H and O–H groups in total. The van der Waals surface area contributed by atoms with E-state index in [9.17, 15) is 14.2 Å². The van der Waals surface area contributed by atoms with Crippen LogP contribution in [0.4, 0.5) is 4.79 Å². The molecular formula is C6H10N2O5P+. The minimum Gasteiger partial charge on any atom is -0.465 e. The van der Waals surface area contributed by atoms with Gasteiger partial charge in [0.15, 0.2) is 0 Å². The zero-order valence-corrected chi connectivity index (χ0v) is 8.36. The third-order valence-electron chi connectivity index (χ3n) is 1.71. The van der Waals surface area contributed by atoms with E-state index in [0.717, 1.165) is 4.67 Å². The van der Waals surface area contributed by atoms with Gasteiger partial charge in [0.2, 0.25) is 0 Å². The molecule has 8 heteroatoms. The third kappa shape index (κ3) is 2.18. The summed E-state index contributed by atoms with van der Waals surface area (Å²) in [5.74, 6) is -0.467. The smallest absolute Gasteiger partial charge is 0.465 e. The molecule has 0 aromatic rings. The summed E-state index contributed by atoms with van der Waals surface area (Å²) < 4.78 is 16.9. The quantitative estimate of drug-likeness (QED) is 0.506. The van der Waals surface area contributed by atoms with E-state index in [1.54, 1.807) is 0 Å². The Balaban J connectivity index is 2.40. The van der Waals surface area contributed by atoms with Crippen LogP contribution in [0.25, 0.3) is 0 Å². The molecule has 2 atom stereocenters. The second kappa shape index (κ2) is 4.34. The van der Waals surface area contributed by atoms with Crippen LogP contribution in [-0.2, 0) is 14.1 Å². The van der Waals surface area contributed by atoms with E-state index in [2.05, 4.69) is 4.74 Å². The van der Waals surface area contributed by atoms with Crippen molar-refractivity contribution in [2.45, 2.75) is 6.04 Å². The van der Waals surface area contributed by atoms with Crippen molar-refractivity contribution in [1.82, 2.24) is 9.99 Å². The van der Waals surface area contributed by atoms with E-state index < -0.39 is 26.0 Å². The van der Waals surface area contributed by atoms with Gasteiger partial charge in [-0.15, -0.1) is 4.67 Å². The van der Waals surface area contributed by atoms with E-state index in [1.165, 1.54) is 7.11 Å². The third-order valence-corrected chi connectivity index (χ3v) is 3.09. The SMILES string of the molecule is COC[P+](=O)N1C[C@H](NC(=O)O)C1=O. The van der Waals surface area contributed by atoms with Gasteiger partial charge in [-0.25, -0.2) is 4.79 Å². The van der Waals surface area contributed by atoms with Gasteiger partial charge in [-0.05, 0) is 4.57 Å². The Bertz CT molecular complexity index is 281. The van der Waals surface area contributed by atoms with Gasteiger partial charge in [-0.3, -0.25) is 4.79 Å². The van der Waals surface area contributed by atoms with Gasteiger partial charge in [0.1, 0.15) is 6.04 Å². The summed E-state index contributed by atoms with van der Waals surface area (Å²) in [5, 5.41) is 10.3. The average molecular weight is 221 g/mol. The van der Waals surface area contributed by atoms with Crippen LogP contribution in [0.15, 0.2) is 0 Å². The Morgan fingerprint density at radius 1 is 1.86 bits per heavy atom. The maximum atomic E-state index is 11.2. The van der Waals surface area contributed by atoms with Crippen LogP contribution < -0.4 is 5.32 Å². The molecule has 1 saturated heterocycles. The van der Waals surface area contributed by atoms with Crippen molar-refractivity contribution in [3.63, 3.8) is 0 Å². The molecule has 2 amide bonds. The fourth-order valence-electron chi connectivity index (χ4n) is 1.05. The first-order valence-electron chi connectivity index (χ1n) is 3.80. The van der Waals surface area contributed by atoms with E-state index in [-0.39, 0.29) is 12.9 Å². The molecule has 1 unspecified atom stereocenters. The van der Waals surface area contributed by atoms with Crippen molar-refractivity contribution < 1.29 is 24.0 Å². The molecule has 14 heavy (non-hydrogen) atoms. The number of carboxylic acid groups (broad SMARTS) is 1. The number of methoxy groups -OCH3 is 1. The number of carbonyl (C=O) groups is 2. The molecular weight excluding hydrogens is 211 g/mol. The predicted molar refractivity (Wildman–Crippen MR) is 46.1 cm³/mol. The van der Waals surface area contributed by atoms with Gasteiger partial charge >= 0.3 is 14.0 Å². The van der Waals surface area contributed by atoms with Crippen molar-refractivity contribution in [3.8, 4) is 0 Å². The number of carbonyl (C=O) groups excluding carboxylic acids is 1. The Hall–Kier alpha value is -1.20. The van der Waals surface area contributed by atoms with Crippen LogP contribution in [0.3, 0.4) is 0 Å².